The number of alkyl halides is 2. The van der Waals surface area contributed by atoms with Gasteiger partial charge in [0.15, 0.2) is 0 Å². The van der Waals surface area contributed by atoms with Gasteiger partial charge in [-0.05, 0) is 31.7 Å². The van der Waals surface area contributed by atoms with Gasteiger partial charge in [0, 0.05) is 36.3 Å². The third-order valence-electron chi connectivity index (χ3n) is 4.87. The Kier molecular flexibility index (Phi) is 1.89. The Labute approximate surface area is 104 Å². The highest BCUT2D eigenvalue weighted by atomic mass is 19.3. The third kappa shape index (κ3) is 1.27. The summed E-state index contributed by atoms with van der Waals surface area (Å²) in [6.07, 6.45) is 6.75. The predicted octanol–water partition coefficient (Wildman–Crippen LogP) is 2.63. The summed E-state index contributed by atoms with van der Waals surface area (Å²) in [4.78, 5) is 10.7. The molecule has 2 unspecified atom stereocenters. The maximum absolute atomic E-state index is 13.5. The normalized spacial score (nSPS) is 40.2. The van der Waals surface area contributed by atoms with Crippen molar-refractivity contribution in [2.45, 2.75) is 50.1 Å². The number of rotatable bonds is 1. The Morgan fingerprint density at radius 1 is 1.11 bits per heavy atom. The molecule has 2 aliphatic heterocycles. The van der Waals surface area contributed by atoms with Crippen molar-refractivity contribution in [2.24, 2.45) is 5.41 Å². The lowest BCUT2D eigenvalue weighted by Gasteiger charge is -2.39. The number of fused-ring (bicyclic) bond motifs is 2. The van der Waals surface area contributed by atoms with Crippen molar-refractivity contribution in [1.82, 2.24) is 9.97 Å². The van der Waals surface area contributed by atoms with E-state index in [1.807, 2.05) is 0 Å². The first-order valence-corrected chi connectivity index (χ1v) is 6.55. The van der Waals surface area contributed by atoms with Crippen LogP contribution in [0.4, 0.5) is 14.7 Å². The Morgan fingerprint density at radius 2 is 1.67 bits per heavy atom. The summed E-state index contributed by atoms with van der Waals surface area (Å²) in [6.45, 7) is 0. The Balaban J connectivity index is 1.64. The smallest absolute Gasteiger partial charge is 0.254 e. The maximum Gasteiger partial charge on any atom is 0.254 e. The first-order valence-electron chi connectivity index (χ1n) is 6.55. The second-order valence-electron chi connectivity index (χ2n) is 5.91. The molecule has 1 aromatic rings. The molecule has 0 aromatic carbocycles. The molecule has 2 atom stereocenters. The quantitative estimate of drug-likeness (QED) is 0.768. The van der Waals surface area contributed by atoms with Crippen LogP contribution in [-0.4, -0.2) is 28.0 Å². The number of anilines is 1. The van der Waals surface area contributed by atoms with Crippen LogP contribution in [0.3, 0.4) is 0 Å². The van der Waals surface area contributed by atoms with Crippen molar-refractivity contribution in [2.75, 3.05) is 4.90 Å². The zero-order chi connectivity index (χ0) is 12.4. The molecule has 2 saturated heterocycles. The second kappa shape index (κ2) is 3.19. The van der Waals surface area contributed by atoms with Crippen molar-refractivity contribution in [3.63, 3.8) is 0 Å². The largest absolute Gasteiger partial charge is 0.335 e. The molecule has 1 spiro atoms. The summed E-state index contributed by atoms with van der Waals surface area (Å²) in [7, 11) is 0. The topological polar surface area (TPSA) is 29.0 Å². The molecule has 4 rings (SSSR count). The van der Waals surface area contributed by atoms with E-state index < -0.39 is 11.3 Å². The minimum Gasteiger partial charge on any atom is -0.335 e. The number of halogens is 2. The van der Waals surface area contributed by atoms with E-state index in [-0.39, 0.29) is 18.5 Å². The molecule has 0 amide bonds. The monoisotopic (exact) mass is 251 g/mol. The Morgan fingerprint density at radius 3 is 2.17 bits per heavy atom. The Hall–Kier alpha value is -1.26. The van der Waals surface area contributed by atoms with Crippen molar-refractivity contribution in [1.29, 1.82) is 0 Å². The molecule has 3 heterocycles. The Bertz CT molecular complexity index is 462. The summed E-state index contributed by atoms with van der Waals surface area (Å²) in [6, 6.07) is 2.20. The zero-order valence-corrected chi connectivity index (χ0v) is 10.0. The fourth-order valence-electron chi connectivity index (χ4n) is 3.92. The molecule has 5 heteroatoms. The van der Waals surface area contributed by atoms with Crippen LogP contribution < -0.4 is 4.90 Å². The number of hydrogen-bond donors (Lipinski definition) is 0. The molecule has 96 valence electrons. The molecular weight excluding hydrogens is 236 g/mol. The van der Waals surface area contributed by atoms with Crippen LogP contribution in [0.25, 0.3) is 0 Å². The minimum atomic E-state index is -2.42. The van der Waals surface area contributed by atoms with Gasteiger partial charge in [0.2, 0.25) is 5.95 Å². The number of piperidine rings is 1. The van der Waals surface area contributed by atoms with Gasteiger partial charge in [-0.2, -0.15) is 0 Å². The molecule has 1 aromatic heterocycles. The summed E-state index contributed by atoms with van der Waals surface area (Å²) in [5.74, 6) is -1.71. The summed E-state index contributed by atoms with van der Waals surface area (Å²) in [5, 5.41) is 0. The SMILES string of the molecule is FC1(F)CC12CC1CCC(C2)N1c1ncccn1. The lowest BCUT2D eigenvalue weighted by molar-refractivity contribution is 0.0465. The van der Waals surface area contributed by atoms with Gasteiger partial charge in [0.05, 0.1) is 0 Å². The molecule has 0 N–H and O–H groups in total. The molecule has 3 fully saturated rings. The van der Waals surface area contributed by atoms with E-state index in [2.05, 4.69) is 14.9 Å². The number of nitrogens with zero attached hydrogens (tertiary/aromatic N) is 3. The lowest BCUT2D eigenvalue weighted by atomic mass is 9.87. The predicted molar refractivity (Wildman–Crippen MR) is 62.6 cm³/mol. The summed E-state index contributed by atoms with van der Waals surface area (Å²) >= 11 is 0. The van der Waals surface area contributed by atoms with E-state index in [0.29, 0.717) is 18.8 Å². The first kappa shape index (κ1) is 10.6. The van der Waals surface area contributed by atoms with Gasteiger partial charge in [-0.15, -0.1) is 0 Å². The average Bonchev–Trinajstić information content (AvgIpc) is 2.73. The molecule has 2 bridgehead atoms. The third-order valence-corrected chi connectivity index (χ3v) is 4.87. The van der Waals surface area contributed by atoms with Crippen molar-refractivity contribution < 1.29 is 8.78 Å². The number of hydrogen-bond acceptors (Lipinski definition) is 3. The molecular formula is C13H15F2N3. The van der Waals surface area contributed by atoms with E-state index >= 15 is 0 Å². The fraction of sp³-hybridized carbons (Fsp3) is 0.692. The van der Waals surface area contributed by atoms with E-state index in [1.54, 1.807) is 18.5 Å². The van der Waals surface area contributed by atoms with Crippen LogP contribution in [0, 0.1) is 5.41 Å². The van der Waals surface area contributed by atoms with Crippen LogP contribution in [0.1, 0.15) is 32.1 Å². The second-order valence-corrected chi connectivity index (χ2v) is 5.91. The zero-order valence-electron chi connectivity index (χ0n) is 10.0. The summed E-state index contributed by atoms with van der Waals surface area (Å²) in [5.41, 5.74) is -0.690. The molecule has 3 nitrogen and oxygen atoms in total. The van der Waals surface area contributed by atoms with Crippen LogP contribution in [0.15, 0.2) is 18.5 Å². The van der Waals surface area contributed by atoms with Gasteiger partial charge >= 0.3 is 0 Å². The van der Waals surface area contributed by atoms with E-state index in [1.165, 1.54) is 0 Å². The van der Waals surface area contributed by atoms with Crippen LogP contribution >= 0.6 is 0 Å². The molecule has 1 saturated carbocycles. The van der Waals surface area contributed by atoms with E-state index in [0.717, 1.165) is 12.8 Å². The minimum absolute atomic E-state index is 0.0937. The molecule has 1 aliphatic carbocycles. The highest BCUT2D eigenvalue weighted by Gasteiger charge is 2.73. The van der Waals surface area contributed by atoms with Crippen molar-refractivity contribution in [3.05, 3.63) is 18.5 Å². The average molecular weight is 251 g/mol. The van der Waals surface area contributed by atoms with Gasteiger partial charge in [-0.1, -0.05) is 0 Å². The van der Waals surface area contributed by atoms with Crippen molar-refractivity contribution >= 4 is 5.95 Å². The van der Waals surface area contributed by atoms with Crippen LogP contribution in [0.2, 0.25) is 0 Å². The molecule has 0 radical (unpaired) electrons. The van der Waals surface area contributed by atoms with E-state index in [9.17, 15) is 8.78 Å². The standard InChI is InChI=1S/C13H15F2N3/c14-13(15)8-12(13)6-9-2-3-10(7-12)18(9)11-16-4-1-5-17-11/h1,4-5,9-10H,2-3,6-8H2. The first-order chi connectivity index (χ1) is 8.61. The van der Waals surface area contributed by atoms with Gasteiger partial charge in [0.25, 0.3) is 5.92 Å². The van der Waals surface area contributed by atoms with Crippen LogP contribution in [-0.2, 0) is 0 Å². The highest BCUT2D eigenvalue weighted by Crippen LogP contribution is 2.69. The van der Waals surface area contributed by atoms with Crippen molar-refractivity contribution in [3.8, 4) is 0 Å². The maximum atomic E-state index is 13.5. The van der Waals surface area contributed by atoms with Crippen LogP contribution in [0.5, 0.6) is 0 Å². The van der Waals surface area contributed by atoms with Gasteiger partial charge in [-0.3, -0.25) is 0 Å². The van der Waals surface area contributed by atoms with Gasteiger partial charge < -0.3 is 4.90 Å². The summed E-state index contributed by atoms with van der Waals surface area (Å²) < 4.78 is 27.1. The highest BCUT2D eigenvalue weighted by molar-refractivity contribution is 5.39. The molecule has 3 aliphatic rings. The lowest BCUT2D eigenvalue weighted by Crippen LogP contribution is -2.46. The van der Waals surface area contributed by atoms with Gasteiger partial charge in [0.1, 0.15) is 0 Å². The van der Waals surface area contributed by atoms with E-state index in [4.69, 9.17) is 0 Å². The van der Waals surface area contributed by atoms with Gasteiger partial charge in [-0.25, -0.2) is 18.7 Å². The fourth-order valence-corrected chi connectivity index (χ4v) is 3.92. The number of aromatic nitrogens is 2. The molecule has 18 heavy (non-hydrogen) atoms.